The van der Waals surface area contributed by atoms with Gasteiger partial charge in [0, 0.05) is 29.2 Å². The monoisotopic (exact) mass is 424 g/mol. The Morgan fingerprint density at radius 3 is 2.53 bits per heavy atom. The molecule has 0 aliphatic heterocycles. The number of hydrogen-bond acceptors (Lipinski definition) is 6. The summed E-state index contributed by atoms with van der Waals surface area (Å²) in [6, 6.07) is 16.5. The molecule has 0 heterocycles. The standard InChI is InChI=1S/C24H28N2O3S/c1-28-17-25-23-16-22(15-12-19(23)9-8-18-6-4-3-5-7-18)30-26-21-13-10-20(11-14-21)24(27)29-2/h3-7,12,15-16,20-21,25-26H,10-11,13-14,17H2,1-2H3. The second-order valence-electron chi connectivity index (χ2n) is 7.22. The van der Waals surface area contributed by atoms with Crippen LogP contribution in [0.3, 0.4) is 0 Å². The van der Waals surface area contributed by atoms with Crippen LogP contribution in [0, 0.1) is 17.8 Å². The summed E-state index contributed by atoms with van der Waals surface area (Å²) in [4.78, 5) is 12.8. The molecule has 2 aromatic rings. The van der Waals surface area contributed by atoms with E-state index >= 15 is 0 Å². The topological polar surface area (TPSA) is 59.6 Å². The Labute approximate surface area is 183 Å². The van der Waals surface area contributed by atoms with Gasteiger partial charge in [-0.2, -0.15) is 0 Å². The lowest BCUT2D eigenvalue weighted by Gasteiger charge is -2.27. The second kappa shape index (κ2) is 11.7. The van der Waals surface area contributed by atoms with Crippen molar-refractivity contribution in [3.05, 3.63) is 59.7 Å². The first kappa shape index (κ1) is 22.2. The molecule has 1 saturated carbocycles. The number of carbonyl (C=O) groups is 1. The van der Waals surface area contributed by atoms with E-state index in [-0.39, 0.29) is 11.9 Å². The summed E-state index contributed by atoms with van der Waals surface area (Å²) in [7, 11) is 3.12. The van der Waals surface area contributed by atoms with Crippen LogP contribution in [0.25, 0.3) is 0 Å². The molecule has 1 fully saturated rings. The minimum atomic E-state index is -0.0813. The minimum Gasteiger partial charge on any atom is -0.469 e. The van der Waals surface area contributed by atoms with E-state index in [1.165, 1.54) is 7.11 Å². The molecular formula is C24H28N2O3S. The van der Waals surface area contributed by atoms with Crippen LogP contribution in [-0.2, 0) is 14.3 Å². The van der Waals surface area contributed by atoms with Gasteiger partial charge in [-0.25, -0.2) is 0 Å². The van der Waals surface area contributed by atoms with E-state index in [0.717, 1.165) is 47.4 Å². The van der Waals surface area contributed by atoms with Crippen molar-refractivity contribution in [3.63, 3.8) is 0 Å². The zero-order valence-electron chi connectivity index (χ0n) is 17.4. The van der Waals surface area contributed by atoms with Gasteiger partial charge in [-0.15, -0.1) is 0 Å². The highest BCUT2D eigenvalue weighted by Crippen LogP contribution is 2.29. The van der Waals surface area contributed by atoms with Crippen molar-refractivity contribution in [2.45, 2.75) is 36.6 Å². The summed E-state index contributed by atoms with van der Waals surface area (Å²) in [6.45, 7) is 0.416. The van der Waals surface area contributed by atoms with Gasteiger partial charge in [-0.3, -0.25) is 9.52 Å². The number of rotatable bonds is 7. The highest BCUT2D eigenvalue weighted by molar-refractivity contribution is 7.97. The smallest absolute Gasteiger partial charge is 0.308 e. The first-order valence-electron chi connectivity index (χ1n) is 10.1. The highest BCUT2D eigenvalue weighted by atomic mass is 32.2. The van der Waals surface area contributed by atoms with E-state index in [1.807, 2.05) is 36.4 Å². The predicted molar refractivity (Wildman–Crippen MR) is 121 cm³/mol. The van der Waals surface area contributed by atoms with Crippen LogP contribution < -0.4 is 10.0 Å². The summed E-state index contributed by atoms with van der Waals surface area (Å²) in [6.07, 6.45) is 3.70. The maximum atomic E-state index is 11.7. The average Bonchev–Trinajstić information content (AvgIpc) is 2.81. The number of anilines is 1. The van der Waals surface area contributed by atoms with Gasteiger partial charge in [-0.1, -0.05) is 30.0 Å². The van der Waals surface area contributed by atoms with Crippen LogP contribution in [0.2, 0.25) is 0 Å². The molecule has 3 rings (SSSR count). The Morgan fingerprint density at radius 1 is 1.07 bits per heavy atom. The van der Waals surface area contributed by atoms with Gasteiger partial charge >= 0.3 is 5.97 Å². The second-order valence-corrected chi connectivity index (χ2v) is 8.14. The highest BCUT2D eigenvalue weighted by Gasteiger charge is 2.26. The third-order valence-corrected chi connectivity index (χ3v) is 6.06. The molecule has 2 aromatic carbocycles. The van der Waals surface area contributed by atoms with Gasteiger partial charge < -0.3 is 14.8 Å². The number of benzene rings is 2. The van der Waals surface area contributed by atoms with E-state index < -0.39 is 0 Å². The molecule has 0 unspecified atom stereocenters. The Kier molecular flexibility index (Phi) is 8.64. The molecule has 0 radical (unpaired) electrons. The fourth-order valence-corrected chi connectivity index (χ4v) is 4.27. The molecule has 1 aliphatic rings. The molecule has 1 aliphatic carbocycles. The lowest BCUT2D eigenvalue weighted by Crippen LogP contribution is -2.31. The number of methoxy groups -OCH3 is 2. The van der Waals surface area contributed by atoms with Gasteiger partial charge in [0.15, 0.2) is 0 Å². The average molecular weight is 425 g/mol. The number of esters is 1. The molecule has 0 amide bonds. The Bertz CT molecular complexity index is 884. The van der Waals surface area contributed by atoms with Crippen LogP contribution >= 0.6 is 11.9 Å². The van der Waals surface area contributed by atoms with Crippen LogP contribution in [-0.4, -0.2) is 33.0 Å². The molecular weight excluding hydrogens is 396 g/mol. The van der Waals surface area contributed by atoms with Gasteiger partial charge in [0.1, 0.15) is 6.73 Å². The summed E-state index contributed by atoms with van der Waals surface area (Å²) in [5.74, 6) is 6.42. The van der Waals surface area contributed by atoms with Crippen LogP contribution in [0.5, 0.6) is 0 Å². The molecule has 5 nitrogen and oxygen atoms in total. The predicted octanol–water partition coefficient (Wildman–Crippen LogP) is 4.43. The van der Waals surface area contributed by atoms with E-state index in [9.17, 15) is 4.79 Å². The van der Waals surface area contributed by atoms with Crippen LogP contribution in [0.15, 0.2) is 53.4 Å². The van der Waals surface area contributed by atoms with E-state index in [0.29, 0.717) is 12.8 Å². The van der Waals surface area contributed by atoms with Crippen molar-refractivity contribution in [3.8, 4) is 11.8 Å². The lowest BCUT2D eigenvalue weighted by molar-refractivity contribution is -0.146. The fraction of sp³-hybridized carbons (Fsp3) is 0.375. The molecule has 0 saturated heterocycles. The third-order valence-electron chi connectivity index (χ3n) is 5.12. The first-order chi connectivity index (χ1) is 14.7. The van der Waals surface area contributed by atoms with Crippen molar-refractivity contribution < 1.29 is 14.3 Å². The van der Waals surface area contributed by atoms with Crippen molar-refractivity contribution in [1.29, 1.82) is 0 Å². The van der Waals surface area contributed by atoms with E-state index in [2.05, 4.69) is 34.0 Å². The largest absolute Gasteiger partial charge is 0.469 e. The molecule has 0 aromatic heterocycles. The molecule has 2 N–H and O–H groups in total. The van der Waals surface area contributed by atoms with Crippen molar-refractivity contribution in [2.24, 2.45) is 5.92 Å². The Balaban J connectivity index is 1.62. The Hall–Kier alpha value is -2.46. The van der Waals surface area contributed by atoms with Gasteiger partial charge in [0.25, 0.3) is 0 Å². The quantitative estimate of drug-likeness (QED) is 0.297. The fourth-order valence-electron chi connectivity index (χ4n) is 3.42. The maximum Gasteiger partial charge on any atom is 0.308 e. The van der Waals surface area contributed by atoms with Gasteiger partial charge in [-0.05, 0) is 68.0 Å². The summed E-state index contributed by atoms with van der Waals surface area (Å²) >= 11 is 1.62. The Morgan fingerprint density at radius 2 is 1.83 bits per heavy atom. The van der Waals surface area contributed by atoms with Crippen LogP contribution in [0.1, 0.15) is 36.8 Å². The van der Waals surface area contributed by atoms with Crippen LogP contribution in [0.4, 0.5) is 5.69 Å². The molecule has 0 atom stereocenters. The summed E-state index contributed by atoms with van der Waals surface area (Å²) in [5, 5.41) is 3.29. The lowest BCUT2D eigenvalue weighted by atomic mass is 9.86. The minimum absolute atomic E-state index is 0.0466. The normalized spacial score (nSPS) is 18.2. The summed E-state index contributed by atoms with van der Waals surface area (Å²) in [5.41, 5.74) is 2.86. The number of nitrogens with one attached hydrogen (secondary N) is 2. The molecule has 158 valence electrons. The van der Waals surface area contributed by atoms with Gasteiger partial charge in [0.2, 0.25) is 0 Å². The first-order valence-corrected chi connectivity index (χ1v) is 11.0. The molecule has 0 bridgehead atoms. The third kappa shape index (κ3) is 6.53. The zero-order valence-corrected chi connectivity index (χ0v) is 18.3. The van der Waals surface area contributed by atoms with E-state index in [4.69, 9.17) is 9.47 Å². The number of ether oxygens (including phenoxy) is 2. The zero-order chi connectivity index (χ0) is 21.2. The molecule has 6 heteroatoms. The number of hydrogen-bond donors (Lipinski definition) is 2. The summed E-state index contributed by atoms with van der Waals surface area (Å²) < 4.78 is 13.6. The van der Waals surface area contributed by atoms with Crippen molar-refractivity contribution >= 4 is 23.6 Å². The van der Waals surface area contributed by atoms with Gasteiger partial charge in [0.05, 0.1) is 18.7 Å². The molecule has 0 spiro atoms. The number of carbonyl (C=O) groups excluding carboxylic acids is 1. The SMILES string of the molecule is COCNc1cc(SNC2CCC(C(=O)OC)CC2)ccc1C#Cc1ccccc1. The van der Waals surface area contributed by atoms with Crippen molar-refractivity contribution in [2.75, 3.05) is 26.3 Å². The van der Waals surface area contributed by atoms with Crippen molar-refractivity contribution in [1.82, 2.24) is 4.72 Å². The molecule has 30 heavy (non-hydrogen) atoms. The van der Waals surface area contributed by atoms with E-state index in [1.54, 1.807) is 19.1 Å². The maximum absolute atomic E-state index is 11.7.